The zero-order valence-corrected chi connectivity index (χ0v) is 13.6. The van der Waals surface area contributed by atoms with E-state index in [1.54, 1.807) is 35.4 Å². The van der Waals surface area contributed by atoms with Crippen LogP contribution in [0.4, 0.5) is 4.39 Å². The van der Waals surface area contributed by atoms with Crippen molar-refractivity contribution in [3.8, 4) is 5.69 Å². The van der Waals surface area contributed by atoms with Crippen LogP contribution in [0, 0.1) is 5.82 Å². The third kappa shape index (κ3) is 3.80. The number of rotatable bonds is 5. The number of likely N-dealkylation sites (N-methyl/N-ethyl adjacent to an activating group) is 1. The van der Waals surface area contributed by atoms with E-state index >= 15 is 0 Å². The number of amides is 1. The molecule has 1 aliphatic rings. The lowest BCUT2D eigenvalue weighted by atomic mass is 10.2. The standard InChI is InChI=1S/C17H21FN4O2/c1-2-21-7-8-24-16(11-21)17(23)20-10-13-3-4-15(14(18)9-13)22-6-5-19-12-22/h3-6,9,12,16H,2,7-8,10-11H2,1H3,(H,20,23). The molecule has 0 bridgehead atoms. The third-order valence-corrected chi connectivity index (χ3v) is 4.15. The lowest BCUT2D eigenvalue weighted by molar-refractivity contribution is -0.138. The maximum atomic E-state index is 14.2. The van der Waals surface area contributed by atoms with Crippen molar-refractivity contribution in [2.45, 2.75) is 19.6 Å². The summed E-state index contributed by atoms with van der Waals surface area (Å²) in [6, 6.07) is 4.89. The lowest BCUT2D eigenvalue weighted by Gasteiger charge is -2.31. The van der Waals surface area contributed by atoms with Crippen LogP contribution in [0.15, 0.2) is 36.9 Å². The van der Waals surface area contributed by atoms with Crippen molar-refractivity contribution in [3.05, 3.63) is 48.3 Å². The van der Waals surface area contributed by atoms with Crippen LogP contribution in [0.25, 0.3) is 5.69 Å². The van der Waals surface area contributed by atoms with Crippen molar-refractivity contribution < 1.29 is 13.9 Å². The molecule has 2 aromatic rings. The van der Waals surface area contributed by atoms with E-state index in [-0.39, 0.29) is 18.3 Å². The first kappa shape index (κ1) is 16.6. The van der Waals surface area contributed by atoms with Gasteiger partial charge in [0.25, 0.3) is 5.91 Å². The van der Waals surface area contributed by atoms with Crippen LogP contribution in [0.5, 0.6) is 0 Å². The number of carbonyl (C=O) groups excluding carboxylic acids is 1. The Labute approximate surface area is 140 Å². The lowest BCUT2D eigenvalue weighted by Crippen LogP contribution is -2.49. The molecule has 128 valence electrons. The van der Waals surface area contributed by atoms with E-state index in [1.165, 1.54) is 6.07 Å². The van der Waals surface area contributed by atoms with Crippen LogP contribution in [-0.2, 0) is 16.1 Å². The van der Waals surface area contributed by atoms with Crippen molar-refractivity contribution in [3.63, 3.8) is 0 Å². The summed E-state index contributed by atoms with van der Waals surface area (Å²) in [7, 11) is 0. The zero-order chi connectivity index (χ0) is 16.9. The summed E-state index contributed by atoms with van der Waals surface area (Å²) in [6.45, 7) is 5.22. The number of aromatic nitrogens is 2. The first-order valence-electron chi connectivity index (χ1n) is 8.06. The highest BCUT2D eigenvalue weighted by Gasteiger charge is 2.25. The number of nitrogens with one attached hydrogen (secondary N) is 1. The van der Waals surface area contributed by atoms with Crippen LogP contribution in [-0.4, -0.2) is 52.7 Å². The molecule has 2 heterocycles. The first-order chi connectivity index (χ1) is 11.7. The fourth-order valence-corrected chi connectivity index (χ4v) is 2.72. The molecule has 1 N–H and O–H groups in total. The van der Waals surface area contributed by atoms with Gasteiger partial charge < -0.3 is 14.6 Å². The van der Waals surface area contributed by atoms with Crippen LogP contribution in [0.1, 0.15) is 12.5 Å². The molecule has 1 aliphatic heterocycles. The summed E-state index contributed by atoms with van der Waals surface area (Å²) in [5.41, 5.74) is 1.13. The average molecular weight is 332 g/mol. The second-order valence-electron chi connectivity index (χ2n) is 5.73. The highest BCUT2D eigenvalue weighted by molar-refractivity contribution is 5.81. The van der Waals surface area contributed by atoms with Gasteiger partial charge in [0.15, 0.2) is 0 Å². The van der Waals surface area contributed by atoms with E-state index in [0.29, 0.717) is 24.4 Å². The van der Waals surface area contributed by atoms with Gasteiger partial charge in [-0.25, -0.2) is 9.37 Å². The quantitative estimate of drug-likeness (QED) is 0.898. The molecule has 3 rings (SSSR count). The van der Waals surface area contributed by atoms with Crippen LogP contribution in [0.2, 0.25) is 0 Å². The largest absolute Gasteiger partial charge is 0.366 e. The molecule has 1 atom stereocenters. The molecule has 1 fully saturated rings. The number of halogens is 1. The smallest absolute Gasteiger partial charge is 0.250 e. The summed E-state index contributed by atoms with van der Waals surface area (Å²) in [4.78, 5) is 18.3. The van der Waals surface area contributed by atoms with Gasteiger partial charge in [0, 0.05) is 32.0 Å². The van der Waals surface area contributed by atoms with Crippen molar-refractivity contribution in [1.29, 1.82) is 0 Å². The Morgan fingerprint density at radius 3 is 3.08 bits per heavy atom. The zero-order valence-electron chi connectivity index (χ0n) is 13.6. The number of ether oxygens (including phenoxy) is 1. The second-order valence-corrected chi connectivity index (χ2v) is 5.73. The average Bonchev–Trinajstić information content (AvgIpc) is 3.14. The molecular formula is C17H21FN4O2. The fourth-order valence-electron chi connectivity index (χ4n) is 2.72. The first-order valence-corrected chi connectivity index (χ1v) is 8.06. The van der Waals surface area contributed by atoms with Gasteiger partial charge in [0.2, 0.25) is 0 Å². The fraction of sp³-hybridized carbons (Fsp3) is 0.412. The van der Waals surface area contributed by atoms with E-state index in [2.05, 4.69) is 22.1 Å². The van der Waals surface area contributed by atoms with Crippen LogP contribution in [0.3, 0.4) is 0 Å². The molecule has 1 aromatic carbocycles. The van der Waals surface area contributed by atoms with E-state index in [0.717, 1.165) is 13.1 Å². The molecule has 24 heavy (non-hydrogen) atoms. The van der Waals surface area contributed by atoms with Crippen molar-refractivity contribution >= 4 is 5.91 Å². The van der Waals surface area contributed by atoms with Crippen LogP contribution < -0.4 is 5.32 Å². The molecule has 0 aliphatic carbocycles. The van der Waals surface area contributed by atoms with Gasteiger partial charge in [-0.05, 0) is 24.2 Å². The second kappa shape index (κ2) is 7.55. The Bertz CT molecular complexity index is 690. The maximum absolute atomic E-state index is 14.2. The highest BCUT2D eigenvalue weighted by atomic mass is 19.1. The van der Waals surface area contributed by atoms with Gasteiger partial charge >= 0.3 is 0 Å². The Hall–Kier alpha value is -2.25. The molecule has 1 amide bonds. The van der Waals surface area contributed by atoms with Gasteiger partial charge in [-0.1, -0.05) is 13.0 Å². The predicted molar refractivity (Wildman–Crippen MR) is 87.2 cm³/mol. The molecule has 1 saturated heterocycles. The third-order valence-electron chi connectivity index (χ3n) is 4.15. The SMILES string of the molecule is CCN1CCOC(C(=O)NCc2ccc(-n3ccnc3)c(F)c2)C1. The molecule has 0 radical (unpaired) electrons. The Morgan fingerprint density at radius 2 is 2.38 bits per heavy atom. The number of morpholine rings is 1. The van der Waals surface area contributed by atoms with Gasteiger partial charge in [0.1, 0.15) is 11.9 Å². The molecule has 6 nitrogen and oxygen atoms in total. The van der Waals surface area contributed by atoms with Crippen LogP contribution >= 0.6 is 0 Å². The number of nitrogens with zero attached hydrogens (tertiary/aromatic N) is 3. The van der Waals surface area contributed by atoms with E-state index in [9.17, 15) is 9.18 Å². The monoisotopic (exact) mass is 332 g/mol. The maximum Gasteiger partial charge on any atom is 0.250 e. The topological polar surface area (TPSA) is 59.4 Å². The van der Waals surface area contributed by atoms with Crippen molar-refractivity contribution in [1.82, 2.24) is 19.8 Å². The van der Waals surface area contributed by atoms with Gasteiger partial charge in [-0.3, -0.25) is 9.69 Å². The Morgan fingerprint density at radius 1 is 1.50 bits per heavy atom. The molecular weight excluding hydrogens is 311 g/mol. The number of benzene rings is 1. The summed E-state index contributed by atoms with van der Waals surface area (Å²) < 4.78 is 21.3. The van der Waals surface area contributed by atoms with E-state index in [1.807, 2.05) is 0 Å². The van der Waals surface area contributed by atoms with E-state index < -0.39 is 6.10 Å². The molecule has 1 aromatic heterocycles. The minimum Gasteiger partial charge on any atom is -0.366 e. The number of imidazole rings is 1. The van der Waals surface area contributed by atoms with Gasteiger partial charge in [-0.2, -0.15) is 0 Å². The summed E-state index contributed by atoms with van der Waals surface area (Å²) in [5, 5.41) is 2.82. The van der Waals surface area contributed by atoms with Crippen molar-refractivity contribution in [2.75, 3.05) is 26.2 Å². The minimum absolute atomic E-state index is 0.160. The normalized spacial score (nSPS) is 18.5. The molecule has 0 spiro atoms. The van der Waals surface area contributed by atoms with E-state index in [4.69, 9.17) is 4.74 Å². The minimum atomic E-state index is -0.464. The van der Waals surface area contributed by atoms with Gasteiger partial charge in [-0.15, -0.1) is 0 Å². The van der Waals surface area contributed by atoms with Crippen molar-refractivity contribution in [2.24, 2.45) is 0 Å². The summed E-state index contributed by atoms with van der Waals surface area (Å²) in [5.74, 6) is -0.516. The predicted octanol–water partition coefficient (Wildman–Crippen LogP) is 1.35. The highest BCUT2D eigenvalue weighted by Crippen LogP contribution is 2.15. The molecule has 7 heteroatoms. The van der Waals surface area contributed by atoms with Gasteiger partial charge in [0.05, 0.1) is 18.6 Å². The molecule has 0 saturated carbocycles. The number of hydrogen-bond acceptors (Lipinski definition) is 4. The Balaban J connectivity index is 1.58. The summed E-state index contributed by atoms with van der Waals surface area (Å²) >= 11 is 0. The number of hydrogen-bond donors (Lipinski definition) is 1. The summed E-state index contributed by atoms with van der Waals surface area (Å²) in [6.07, 6.45) is 4.35. The molecule has 1 unspecified atom stereocenters. The Kier molecular flexibility index (Phi) is 5.22. The number of carbonyl (C=O) groups is 1.